The number of fused-ring (bicyclic) bond motifs is 1. The van der Waals surface area contributed by atoms with Crippen LogP contribution in [0.4, 0.5) is 5.69 Å². The minimum atomic E-state index is -0.134. The van der Waals surface area contributed by atoms with Crippen LogP contribution in [0.3, 0.4) is 0 Å². The molecular formula is C17H24N2O. The average Bonchev–Trinajstić information content (AvgIpc) is 3.00. The van der Waals surface area contributed by atoms with Gasteiger partial charge >= 0.3 is 0 Å². The van der Waals surface area contributed by atoms with Crippen LogP contribution in [-0.4, -0.2) is 19.0 Å². The molecule has 0 aromatic heterocycles. The van der Waals surface area contributed by atoms with Crippen LogP contribution in [0.1, 0.15) is 44.6 Å². The van der Waals surface area contributed by atoms with Crippen LogP contribution in [0.2, 0.25) is 0 Å². The lowest BCUT2D eigenvalue weighted by Gasteiger charge is -2.23. The molecule has 0 saturated heterocycles. The number of anilines is 1. The lowest BCUT2D eigenvalue weighted by atomic mass is 9.99. The standard InChI is InChI=1S/C17H24N2O/c1-11(2)12-4-6-15(7-5-12)19(3)16(20)17-9-13(17)8-14(18)10-17/h4-7,11,13-14H,8-10,18H2,1-3H3/t13-,14+,17+/m1/s1. The van der Waals surface area contributed by atoms with E-state index in [1.54, 1.807) is 0 Å². The molecule has 1 aromatic carbocycles. The van der Waals surface area contributed by atoms with Crippen LogP contribution in [0, 0.1) is 11.3 Å². The number of benzene rings is 1. The summed E-state index contributed by atoms with van der Waals surface area (Å²) in [6, 6.07) is 8.56. The van der Waals surface area contributed by atoms with Crippen LogP contribution in [-0.2, 0) is 4.79 Å². The van der Waals surface area contributed by atoms with E-state index in [1.165, 1.54) is 5.56 Å². The molecule has 3 rings (SSSR count). The summed E-state index contributed by atoms with van der Waals surface area (Å²) >= 11 is 0. The zero-order valence-corrected chi connectivity index (χ0v) is 12.6. The number of rotatable bonds is 3. The largest absolute Gasteiger partial charge is 0.328 e. The topological polar surface area (TPSA) is 46.3 Å². The summed E-state index contributed by atoms with van der Waals surface area (Å²) in [5.74, 6) is 1.31. The normalized spacial score (nSPS) is 31.2. The van der Waals surface area contributed by atoms with Gasteiger partial charge in [-0.05, 0) is 48.8 Å². The van der Waals surface area contributed by atoms with Gasteiger partial charge in [-0.2, -0.15) is 0 Å². The molecular weight excluding hydrogens is 248 g/mol. The highest BCUT2D eigenvalue weighted by atomic mass is 16.2. The molecule has 0 unspecified atom stereocenters. The van der Waals surface area contributed by atoms with Crippen molar-refractivity contribution >= 4 is 11.6 Å². The Morgan fingerprint density at radius 2 is 1.95 bits per heavy atom. The highest BCUT2D eigenvalue weighted by molar-refractivity contribution is 5.99. The highest BCUT2D eigenvalue weighted by Crippen LogP contribution is 2.64. The molecule has 1 aromatic rings. The Balaban J connectivity index is 1.76. The maximum absolute atomic E-state index is 12.7. The maximum Gasteiger partial charge on any atom is 0.233 e. The zero-order valence-electron chi connectivity index (χ0n) is 12.6. The summed E-state index contributed by atoms with van der Waals surface area (Å²) < 4.78 is 0. The van der Waals surface area contributed by atoms with Crippen molar-refractivity contribution in [2.24, 2.45) is 17.1 Å². The van der Waals surface area contributed by atoms with E-state index >= 15 is 0 Å². The molecule has 2 N–H and O–H groups in total. The summed E-state index contributed by atoms with van der Waals surface area (Å²) in [6.45, 7) is 4.36. The number of nitrogens with two attached hydrogens (primary N) is 1. The summed E-state index contributed by atoms with van der Waals surface area (Å²) in [6.07, 6.45) is 2.92. The van der Waals surface area contributed by atoms with Crippen molar-refractivity contribution in [1.29, 1.82) is 0 Å². The van der Waals surface area contributed by atoms with E-state index < -0.39 is 0 Å². The number of hydrogen-bond acceptors (Lipinski definition) is 2. The Kier molecular flexibility index (Phi) is 3.13. The van der Waals surface area contributed by atoms with Gasteiger partial charge in [0.25, 0.3) is 0 Å². The maximum atomic E-state index is 12.7. The van der Waals surface area contributed by atoms with Gasteiger partial charge in [-0.15, -0.1) is 0 Å². The van der Waals surface area contributed by atoms with E-state index in [4.69, 9.17) is 5.73 Å². The molecule has 0 radical (unpaired) electrons. The smallest absolute Gasteiger partial charge is 0.233 e. The Bertz CT molecular complexity index is 522. The third kappa shape index (κ3) is 2.05. The second kappa shape index (κ2) is 4.59. The van der Waals surface area contributed by atoms with Gasteiger partial charge in [0.1, 0.15) is 0 Å². The van der Waals surface area contributed by atoms with E-state index in [9.17, 15) is 4.79 Å². The molecule has 2 fully saturated rings. The molecule has 0 spiro atoms. The van der Waals surface area contributed by atoms with Gasteiger partial charge < -0.3 is 10.6 Å². The predicted octanol–water partition coefficient (Wildman–Crippen LogP) is 2.90. The molecule has 3 nitrogen and oxygen atoms in total. The summed E-state index contributed by atoms with van der Waals surface area (Å²) in [5.41, 5.74) is 8.16. The molecule has 3 atom stereocenters. The summed E-state index contributed by atoms with van der Waals surface area (Å²) in [4.78, 5) is 14.6. The minimum absolute atomic E-state index is 0.134. The first kappa shape index (κ1) is 13.6. The van der Waals surface area contributed by atoms with Crippen molar-refractivity contribution in [1.82, 2.24) is 0 Å². The number of hydrogen-bond donors (Lipinski definition) is 1. The van der Waals surface area contributed by atoms with Gasteiger partial charge in [0.15, 0.2) is 0 Å². The molecule has 2 aliphatic carbocycles. The third-order valence-corrected chi connectivity index (χ3v) is 5.12. The van der Waals surface area contributed by atoms with Crippen molar-refractivity contribution in [2.75, 3.05) is 11.9 Å². The van der Waals surface area contributed by atoms with Gasteiger partial charge in [0.05, 0.1) is 5.41 Å². The molecule has 20 heavy (non-hydrogen) atoms. The van der Waals surface area contributed by atoms with E-state index in [1.807, 2.05) is 11.9 Å². The van der Waals surface area contributed by atoms with E-state index in [0.717, 1.165) is 24.9 Å². The molecule has 2 aliphatic rings. The van der Waals surface area contributed by atoms with Gasteiger partial charge in [-0.25, -0.2) is 0 Å². The fourth-order valence-corrected chi connectivity index (χ4v) is 3.74. The molecule has 3 heteroatoms. The lowest BCUT2D eigenvalue weighted by Crippen LogP contribution is -2.35. The molecule has 2 saturated carbocycles. The van der Waals surface area contributed by atoms with Crippen molar-refractivity contribution in [3.8, 4) is 0 Å². The monoisotopic (exact) mass is 272 g/mol. The number of carbonyl (C=O) groups is 1. The van der Waals surface area contributed by atoms with E-state index in [0.29, 0.717) is 11.8 Å². The van der Waals surface area contributed by atoms with E-state index in [2.05, 4.69) is 38.1 Å². The Labute approximate surface area is 121 Å². The summed E-state index contributed by atoms with van der Waals surface area (Å²) in [5, 5.41) is 0. The Hall–Kier alpha value is -1.35. The van der Waals surface area contributed by atoms with Crippen LogP contribution >= 0.6 is 0 Å². The van der Waals surface area contributed by atoms with Gasteiger partial charge in [-0.3, -0.25) is 4.79 Å². The second-order valence-corrected chi connectivity index (χ2v) is 6.87. The molecule has 0 aliphatic heterocycles. The minimum Gasteiger partial charge on any atom is -0.328 e. The SMILES string of the molecule is CC(C)c1ccc(N(C)C(=O)[C@@]23C[C@@H](N)C[C@@H]2C3)cc1. The van der Waals surface area contributed by atoms with Gasteiger partial charge in [-0.1, -0.05) is 26.0 Å². The summed E-state index contributed by atoms with van der Waals surface area (Å²) in [7, 11) is 1.89. The predicted molar refractivity (Wildman–Crippen MR) is 81.7 cm³/mol. The number of nitrogens with zero attached hydrogens (tertiary/aromatic N) is 1. The quantitative estimate of drug-likeness (QED) is 0.919. The first-order valence-corrected chi connectivity index (χ1v) is 7.58. The Morgan fingerprint density at radius 1 is 1.30 bits per heavy atom. The van der Waals surface area contributed by atoms with Crippen LogP contribution in [0.5, 0.6) is 0 Å². The Morgan fingerprint density at radius 3 is 2.45 bits per heavy atom. The fraction of sp³-hybridized carbons (Fsp3) is 0.588. The van der Waals surface area contributed by atoms with Gasteiger partial charge in [0.2, 0.25) is 5.91 Å². The van der Waals surface area contributed by atoms with Crippen molar-refractivity contribution in [2.45, 2.75) is 45.1 Å². The van der Waals surface area contributed by atoms with Crippen molar-refractivity contribution in [3.63, 3.8) is 0 Å². The van der Waals surface area contributed by atoms with Crippen LogP contribution in [0.15, 0.2) is 24.3 Å². The molecule has 108 valence electrons. The molecule has 0 heterocycles. The fourth-order valence-electron chi connectivity index (χ4n) is 3.74. The highest BCUT2D eigenvalue weighted by Gasteiger charge is 2.65. The molecule has 0 bridgehead atoms. The van der Waals surface area contributed by atoms with Crippen LogP contribution in [0.25, 0.3) is 0 Å². The lowest BCUT2D eigenvalue weighted by molar-refractivity contribution is -0.123. The van der Waals surface area contributed by atoms with Crippen molar-refractivity contribution < 1.29 is 4.79 Å². The van der Waals surface area contributed by atoms with Gasteiger partial charge in [0, 0.05) is 18.8 Å². The second-order valence-electron chi connectivity index (χ2n) is 6.87. The first-order chi connectivity index (χ1) is 9.44. The average molecular weight is 272 g/mol. The molecule has 1 amide bonds. The number of carbonyl (C=O) groups excluding carboxylic acids is 1. The van der Waals surface area contributed by atoms with Crippen molar-refractivity contribution in [3.05, 3.63) is 29.8 Å². The van der Waals surface area contributed by atoms with E-state index in [-0.39, 0.29) is 17.4 Å². The third-order valence-electron chi connectivity index (χ3n) is 5.12. The number of amides is 1. The zero-order chi connectivity index (χ0) is 14.5. The van der Waals surface area contributed by atoms with Crippen LogP contribution < -0.4 is 10.6 Å². The first-order valence-electron chi connectivity index (χ1n) is 7.58.